The zero-order valence-corrected chi connectivity index (χ0v) is 12.0. The molecule has 0 aromatic carbocycles. The molecule has 0 saturated carbocycles. The Bertz CT molecular complexity index is 289. The van der Waals surface area contributed by atoms with Gasteiger partial charge < -0.3 is 18.9 Å². The summed E-state index contributed by atoms with van der Waals surface area (Å²) in [6, 6.07) is 1.73. The zero-order valence-electron chi connectivity index (χ0n) is 12.0. The van der Waals surface area contributed by atoms with E-state index in [0.717, 1.165) is 0 Å². The van der Waals surface area contributed by atoms with Gasteiger partial charge in [-0.05, 0) is 20.8 Å². The SMILES string of the molecule is COC(C)COC(C)COC(C)COC(=O)CC#N. The fourth-order valence-electron chi connectivity index (χ4n) is 1.09. The van der Waals surface area contributed by atoms with Gasteiger partial charge in [-0.25, -0.2) is 0 Å². The van der Waals surface area contributed by atoms with Crippen molar-refractivity contribution in [1.82, 2.24) is 0 Å². The summed E-state index contributed by atoms with van der Waals surface area (Å²) in [6.07, 6.45) is -0.476. The smallest absolute Gasteiger partial charge is 0.320 e. The first-order chi connectivity index (χ1) is 8.99. The Hall–Kier alpha value is -1.16. The van der Waals surface area contributed by atoms with Crippen molar-refractivity contribution in [2.24, 2.45) is 0 Å². The van der Waals surface area contributed by atoms with Crippen molar-refractivity contribution < 1.29 is 23.7 Å². The molecule has 0 aliphatic carbocycles. The molecule has 0 fully saturated rings. The van der Waals surface area contributed by atoms with Crippen LogP contribution in [-0.4, -0.2) is 51.2 Å². The van der Waals surface area contributed by atoms with E-state index in [4.69, 9.17) is 24.2 Å². The minimum absolute atomic E-state index is 0.0480. The second kappa shape index (κ2) is 10.7. The van der Waals surface area contributed by atoms with E-state index in [9.17, 15) is 4.79 Å². The molecule has 3 unspecified atom stereocenters. The lowest BCUT2D eigenvalue weighted by atomic mass is 10.4. The Kier molecular flexibility index (Phi) is 10.1. The molecule has 6 nitrogen and oxygen atoms in total. The highest BCUT2D eigenvalue weighted by molar-refractivity contribution is 5.71. The number of carbonyl (C=O) groups excluding carboxylic acids is 1. The molecule has 0 rings (SSSR count). The molecule has 0 bridgehead atoms. The lowest BCUT2D eigenvalue weighted by Crippen LogP contribution is -2.26. The normalized spacial score (nSPS) is 15.3. The van der Waals surface area contributed by atoms with Gasteiger partial charge in [0.05, 0.1) is 37.6 Å². The van der Waals surface area contributed by atoms with Crippen molar-refractivity contribution in [2.75, 3.05) is 26.9 Å². The summed E-state index contributed by atoms with van der Waals surface area (Å²) in [5.41, 5.74) is 0. The van der Waals surface area contributed by atoms with Gasteiger partial charge in [-0.1, -0.05) is 0 Å². The number of nitrogens with zero attached hydrogens (tertiary/aromatic N) is 1. The minimum atomic E-state index is -0.531. The maximum Gasteiger partial charge on any atom is 0.320 e. The molecule has 3 atom stereocenters. The molecule has 0 aliphatic heterocycles. The third kappa shape index (κ3) is 10.4. The minimum Gasteiger partial charge on any atom is -0.462 e. The highest BCUT2D eigenvalue weighted by Crippen LogP contribution is 2.00. The van der Waals surface area contributed by atoms with E-state index in [1.165, 1.54) is 0 Å². The molecule has 0 radical (unpaired) electrons. The largest absolute Gasteiger partial charge is 0.462 e. The summed E-state index contributed by atoms with van der Waals surface area (Å²) in [5, 5.41) is 8.29. The Morgan fingerprint density at radius 3 is 2.11 bits per heavy atom. The lowest BCUT2D eigenvalue weighted by Gasteiger charge is -2.19. The van der Waals surface area contributed by atoms with Gasteiger partial charge >= 0.3 is 5.97 Å². The number of hydrogen-bond donors (Lipinski definition) is 0. The molecule has 110 valence electrons. The van der Waals surface area contributed by atoms with Crippen LogP contribution in [0.5, 0.6) is 0 Å². The molecule has 6 heteroatoms. The summed E-state index contributed by atoms with van der Waals surface area (Å²) in [7, 11) is 1.63. The molecule has 0 aromatic heterocycles. The van der Waals surface area contributed by atoms with E-state index >= 15 is 0 Å². The molecular weight excluding hydrogens is 250 g/mol. The van der Waals surface area contributed by atoms with Gasteiger partial charge in [0.2, 0.25) is 0 Å². The van der Waals surface area contributed by atoms with Crippen LogP contribution in [0.25, 0.3) is 0 Å². The first-order valence-corrected chi connectivity index (χ1v) is 6.28. The van der Waals surface area contributed by atoms with Crippen molar-refractivity contribution >= 4 is 5.97 Å². The van der Waals surface area contributed by atoms with Crippen LogP contribution in [0.4, 0.5) is 0 Å². The molecule has 0 heterocycles. The molecule has 0 spiro atoms. The summed E-state index contributed by atoms with van der Waals surface area (Å²) in [6.45, 7) is 6.67. The number of carbonyl (C=O) groups is 1. The Morgan fingerprint density at radius 1 is 1.05 bits per heavy atom. The van der Waals surface area contributed by atoms with Crippen molar-refractivity contribution in [3.8, 4) is 6.07 Å². The average Bonchev–Trinajstić information content (AvgIpc) is 2.40. The fraction of sp³-hybridized carbons (Fsp3) is 0.846. The predicted octanol–water partition coefficient (Wildman–Crippen LogP) is 1.29. The Balaban J connectivity index is 3.63. The van der Waals surface area contributed by atoms with Gasteiger partial charge in [0.25, 0.3) is 0 Å². The van der Waals surface area contributed by atoms with E-state index in [-0.39, 0.29) is 31.3 Å². The maximum atomic E-state index is 11.0. The highest BCUT2D eigenvalue weighted by atomic mass is 16.6. The van der Waals surface area contributed by atoms with Crippen molar-refractivity contribution in [3.05, 3.63) is 0 Å². The van der Waals surface area contributed by atoms with E-state index < -0.39 is 5.97 Å². The molecule has 0 amide bonds. The van der Waals surface area contributed by atoms with Crippen molar-refractivity contribution in [2.45, 2.75) is 45.5 Å². The predicted molar refractivity (Wildman–Crippen MR) is 68.5 cm³/mol. The first-order valence-electron chi connectivity index (χ1n) is 6.28. The summed E-state index contributed by atoms with van der Waals surface area (Å²) in [4.78, 5) is 11.0. The van der Waals surface area contributed by atoms with Crippen LogP contribution in [0.15, 0.2) is 0 Å². The molecular formula is C13H23NO5. The van der Waals surface area contributed by atoms with Crippen LogP contribution in [-0.2, 0) is 23.7 Å². The molecule has 19 heavy (non-hydrogen) atoms. The van der Waals surface area contributed by atoms with E-state index in [1.54, 1.807) is 20.1 Å². The molecule has 0 saturated heterocycles. The first kappa shape index (κ1) is 17.8. The van der Waals surface area contributed by atoms with Gasteiger partial charge in [-0.15, -0.1) is 0 Å². The van der Waals surface area contributed by atoms with Gasteiger partial charge in [-0.2, -0.15) is 5.26 Å². The van der Waals surface area contributed by atoms with Crippen LogP contribution in [0.3, 0.4) is 0 Å². The standard InChI is InChI=1S/C13H23NO5/c1-10(16-4)7-17-11(2)8-18-12(3)9-19-13(15)5-6-14/h10-12H,5,7-9H2,1-4H3. The fourth-order valence-corrected chi connectivity index (χ4v) is 1.09. The highest BCUT2D eigenvalue weighted by Gasteiger charge is 2.11. The second-order valence-corrected chi connectivity index (χ2v) is 4.35. The lowest BCUT2D eigenvalue weighted by molar-refractivity contribution is -0.147. The van der Waals surface area contributed by atoms with Crippen LogP contribution in [0, 0.1) is 11.3 Å². The van der Waals surface area contributed by atoms with Crippen LogP contribution < -0.4 is 0 Å². The molecule has 0 aliphatic rings. The maximum absolute atomic E-state index is 11.0. The number of rotatable bonds is 10. The quantitative estimate of drug-likeness (QED) is 0.558. The average molecular weight is 273 g/mol. The summed E-state index contributed by atoms with van der Waals surface area (Å²) < 4.78 is 20.9. The van der Waals surface area contributed by atoms with Gasteiger partial charge in [0.1, 0.15) is 13.0 Å². The van der Waals surface area contributed by atoms with Crippen LogP contribution in [0.1, 0.15) is 27.2 Å². The third-order valence-corrected chi connectivity index (χ3v) is 2.34. The van der Waals surface area contributed by atoms with E-state index in [1.807, 2.05) is 13.8 Å². The topological polar surface area (TPSA) is 77.8 Å². The number of hydrogen-bond acceptors (Lipinski definition) is 6. The second-order valence-electron chi connectivity index (χ2n) is 4.35. The third-order valence-electron chi connectivity index (χ3n) is 2.34. The zero-order chi connectivity index (χ0) is 14.7. The van der Waals surface area contributed by atoms with Crippen molar-refractivity contribution in [3.63, 3.8) is 0 Å². The number of nitriles is 1. The van der Waals surface area contributed by atoms with E-state index in [0.29, 0.717) is 13.2 Å². The number of esters is 1. The van der Waals surface area contributed by atoms with Crippen LogP contribution >= 0.6 is 0 Å². The van der Waals surface area contributed by atoms with Gasteiger partial charge in [0, 0.05) is 7.11 Å². The van der Waals surface area contributed by atoms with Gasteiger partial charge in [0.15, 0.2) is 0 Å². The van der Waals surface area contributed by atoms with E-state index in [2.05, 4.69) is 0 Å². The van der Waals surface area contributed by atoms with Crippen LogP contribution in [0.2, 0.25) is 0 Å². The summed E-state index contributed by atoms with van der Waals surface area (Å²) >= 11 is 0. The summed E-state index contributed by atoms with van der Waals surface area (Å²) in [5.74, 6) is -0.531. The Morgan fingerprint density at radius 2 is 1.58 bits per heavy atom. The number of methoxy groups -OCH3 is 1. The molecule has 0 aromatic rings. The van der Waals surface area contributed by atoms with Gasteiger partial charge in [-0.3, -0.25) is 4.79 Å². The Labute approximate surface area is 114 Å². The molecule has 0 N–H and O–H groups in total. The van der Waals surface area contributed by atoms with Crippen molar-refractivity contribution in [1.29, 1.82) is 5.26 Å². The monoisotopic (exact) mass is 273 g/mol. The number of ether oxygens (including phenoxy) is 4.